The molecule has 0 amide bonds. The van der Waals surface area contributed by atoms with Gasteiger partial charge in [0.05, 0.1) is 0 Å². The quantitative estimate of drug-likeness (QED) is 0.794. The maximum Gasteiger partial charge on any atom is 0.123 e. The van der Waals surface area contributed by atoms with Crippen LogP contribution in [0.2, 0.25) is 5.02 Å². The molecule has 0 saturated heterocycles. The lowest BCUT2D eigenvalue weighted by atomic mass is 9.98. The highest BCUT2D eigenvalue weighted by Gasteiger charge is 2.25. The fourth-order valence-corrected chi connectivity index (χ4v) is 3.12. The van der Waals surface area contributed by atoms with Gasteiger partial charge in [0.1, 0.15) is 12.4 Å². The number of hydrogen-bond acceptors (Lipinski definition) is 2. The summed E-state index contributed by atoms with van der Waals surface area (Å²) < 4.78 is 6.04. The van der Waals surface area contributed by atoms with Gasteiger partial charge in [0.2, 0.25) is 0 Å². The molecular weight excluding hydrogens is 270 g/mol. The normalized spacial score (nSPS) is 17.4. The van der Waals surface area contributed by atoms with E-state index >= 15 is 0 Å². The summed E-state index contributed by atoms with van der Waals surface area (Å²) in [6.45, 7) is 6.08. The van der Waals surface area contributed by atoms with Gasteiger partial charge in [-0.25, -0.2) is 0 Å². The minimum Gasteiger partial charge on any atom is -0.492 e. The van der Waals surface area contributed by atoms with Gasteiger partial charge in [-0.15, -0.1) is 0 Å². The van der Waals surface area contributed by atoms with Crippen LogP contribution in [-0.4, -0.2) is 19.2 Å². The average Bonchev–Trinajstić information content (AvgIpc) is 2.96. The zero-order valence-corrected chi connectivity index (χ0v) is 13.4. The number of hydrogen-bond donors (Lipinski definition) is 1. The monoisotopic (exact) mass is 295 g/mol. The van der Waals surface area contributed by atoms with Gasteiger partial charge in [-0.1, -0.05) is 37.4 Å². The average molecular weight is 296 g/mol. The van der Waals surface area contributed by atoms with Gasteiger partial charge < -0.3 is 10.1 Å². The first kappa shape index (κ1) is 15.7. The first-order valence-corrected chi connectivity index (χ1v) is 8.21. The van der Waals surface area contributed by atoms with Crippen molar-refractivity contribution in [3.05, 3.63) is 28.8 Å². The second-order valence-corrected chi connectivity index (χ2v) is 6.26. The Morgan fingerprint density at radius 3 is 2.80 bits per heavy atom. The van der Waals surface area contributed by atoms with Crippen molar-refractivity contribution in [2.75, 3.05) is 13.2 Å². The lowest BCUT2D eigenvalue weighted by Crippen LogP contribution is -2.40. The third-order valence-electron chi connectivity index (χ3n) is 4.19. The van der Waals surface area contributed by atoms with Crippen LogP contribution < -0.4 is 10.1 Å². The van der Waals surface area contributed by atoms with Gasteiger partial charge in [0.25, 0.3) is 0 Å². The molecule has 2 nitrogen and oxygen atoms in total. The number of halogens is 1. The molecule has 2 rings (SSSR count). The van der Waals surface area contributed by atoms with Crippen LogP contribution in [0.3, 0.4) is 0 Å². The molecule has 0 aliphatic heterocycles. The molecule has 0 spiro atoms. The first-order valence-electron chi connectivity index (χ1n) is 7.83. The minimum atomic E-state index is 0.468. The Morgan fingerprint density at radius 1 is 1.35 bits per heavy atom. The molecule has 1 unspecified atom stereocenters. The standard InChI is InChI=1S/C17H26ClNO/c1-3-10-19-16(14-6-4-5-7-14)12-20-17-11-15(18)9-8-13(17)2/h8-9,11,14,16,19H,3-7,10,12H2,1-2H3. The van der Waals surface area contributed by atoms with E-state index in [1.165, 1.54) is 32.1 Å². The van der Waals surface area contributed by atoms with E-state index in [2.05, 4.69) is 19.2 Å². The van der Waals surface area contributed by atoms with E-state index in [0.29, 0.717) is 6.04 Å². The Kier molecular flexibility index (Phi) is 6.18. The highest BCUT2D eigenvalue weighted by molar-refractivity contribution is 6.30. The van der Waals surface area contributed by atoms with E-state index in [4.69, 9.17) is 16.3 Å². The Morgan fingerprint density at radius 2 is 2.10 bits per heavy atom. The predicted molar refractivity (Wildman–Crippen MR) is 85.7 cm³/mol. The van der Waals surface area contributed by atoms with Gasteiger partial charge in [0.15, 0.2) is 0 Å². The number of aryl methyl sites for hydroxylation is 1. The summed E-state index contributed by atoms with van der Waals surface area (Å²) in [6.07, 6.45) is 6.56. The van der Waals surface area contributed by atoms with E-state index in [0.717, 1.165) is 35.4 Å². The van der Waals surface area contributed by atoms with Gasteiger partial charge >= 0.3 is 0 Å². The number of nitrogens with one attached hydrogen (secondary N) is 1. The molecule has 1 aromatic carbocycles. The summed E-state index contributed by atoms with van der Waals surface area (Å²) >= 11 is 6.05. The number of benzene rings is 1. The molecule has 0 bridgehead atoms. The van der Waals surface area contributed by atoms with E-state index in [1.807, 2.05) is 18.2 Å². The molecule has 1 fully saturated rings. The minimum absolute atomic E-state index is 0.468. The van der Waals surface area contributed by atoms with Gasteiger partial charge in [-0.2, -0.15) is 0 Å². The second-order valence-electron chi connectivity index (χ2n) is 5.83. The van der Waals surface area contributed by atoms with E-state index < -0.39 is 0 Å². The highest BCUT2D eigenvalue weighted by atomic mass is 35.5. The molecule has 1 atom stereocenters. The molecule has 1 aliphatic carbocycles. The van der Waals surface area contributed by atoms with Crippen molar-refractivity contribution in [1.29, 1.82) is 0 Å². The fourth-order valence-electron chi connectivity index (χ4n) is 2.96. The molecule has 1 aromatic rings. The maximum absolute atomic E-state index is 6.05. The number of rotatable bonds is 7. The second kappa shape index (κ2) is 7.90. The van der Waals surface area contributed by atoms with Crippen molar-refractivity contribution in [2.24, 2.45) is 5.92 Å². The summed E-state index contributed by atoms with van der Waals surface area (Å²) in [4.78, 5) is 0. The summed E-state index contributed by atoms with van der Waals surface area (Å²) in [5.74, 6) is 1.68. The first-order chi connectivity index (χ1) is 9.70. The van der Waals surface area contributed by atoms with Crippen LogP contribution in [-0.2, 0) is 0 Å². The predicted octanol–water partition coefficient (Wildman–Crippen LogP) is 4.59. The molecular formula is C17H26ClNO. The van der Waals surface area contributed by atoms with Crippen molar-refractivity contribution in [3.63, 3.8) is 0 Å². The van der Waals surface area contributed by atoms with Crippen LogP contribution in [0.15, 0.2) is 18.2 Å². The maximum atomic E-state index is 6.05. The van der Waals surface area contributed by atoms with Crippen molar-refractivity contribution in [1.82, 2.24) is 5.32 Å². The Labute approximate surface area is 127 Å². The molecule has 0 aromatic heterocycles. The van der Waals surface area contributed by atoms with Crippen LogP contribution in [0.4, 0.5) is 0 Å². The van der Waals surface area contributed by atoms with E-state index in [1.54, 1.807) is 0 Å². The number of ether oxygens (including phenoxy) is 1. The third-order valence-corrected chi connectivity index (χ3v) is 4.43. The smallest absolute Gasteiger partial charge is 0.123 e. The Hall–Kier alpha value is -0.730. The molecule has 1 aliphatic rings. The van der Waals surface area contributed by atoms with Crippen LogP contribution in [0.5, 0.6) is 5.75 Å². The topological polar surface area (TPSA) is 21.3 Å². The van der Waals surface area contributed by atoms with Crippen molar-refractivity contribution in [2.45, 2.75) is 52.0 Å². The molecule has 112 valence electrons. The Bertz CT molecular complexity index is 415. The third kappa shape index (κ3) is 4.39. The molecule has 0 radical (unpaired) electrons. The zero-order chi connectivity index (χ0) is 14.4. The summed E-state index contributed by atoms with van der Waals surface area (Å²) in [5.41, 5.74) is 1.15. The molecule has 1 N–H and O–H groups in total. The molecule has 0 heterocycles. The summed E-state index contributed by atoms with van der Waals surface area (Å²) in [6, 6.07) is 6.31. The molecule has 3 heteroatoms. The van der Waals surface area contributed by atoms with Crippen LogP contribution >= 0.6 is 11.6 Å². The largest absolute Gasteiger partial charge is 0.492 e. The van der Waals surface area contributed by atoms with Crippen molar-refractivity contribution < 1.29 is 4.74 Å². The van der Waals surface area contributed by atoms with Crippen LogP contribution in [0.1, 0.15) is 44.6 Å². The van der Waals surface area contributed by atoms with Gasteiger partial charge in [-0.3, -0.25) is 0 Å². The zero-order valence-electron chi connectivity index (χ0n) is 12.6. The molecule has 20 heavy (non-hydrogen) atoms. The molecule has 1 saturated carbocycles. The van der Waals surface area contributed by atoms with Crippen molar-refractivity contribution in [3.8, 4) is 5.75 Å². The summed E-state index contributed by atoms with van der Waals surface area (Å²) in [7, 11) is 0. The van der Waals surface area contributed by atoms with E-state index in [-0.39, 0.29) is 0 Å². The van der Waals surface area contributed by atoms with Crippen LogP contribution in [0.25, 0.3) is 0 Å². The SMILES string of the molecule is CCCNC(COc1cc(Cl)ccc1C)C1CCCC1. The summed E-state index contributed by atoms with van der Waals surface area (Å²) in [5, 5.41) is 4.40. The fraction of sp³-hybridized carbons (Fsp3) is 0.647. The van der Waals surface area contributed by atoms with E-state index in [9.17, 15) is 0 Å². The van der Waals surface area contributed by atoms with Gasteiger partial charge in [0, 0.05) is 11.1 Å². The van der Waals surface area contributed by atoms with Crippen molar-refractivity contribution >= 4 is 11.6 Å². The Balaban J connectivity index is 1.94. The lowest BCUT2D eigenvalue weighted by molar-refractivity contribution is 0.216. The van der Waals surface area contributed by atoms with Crippen LogP contribution in [0, 0.1) is 12.8 Å². The van der Waals surface area contributed by atoms with Gasteiger partial charge in [-0.05, 0) is 56.3 Å². The highest BCUT2D eigenvalue weighted by Crippen LogP contribution is 2.29. The lowest BCUT2D eigenvalue weighted by Gasteiger charge is -2.25.